The molecule has 0 bridgehead atoms. The Hall–Kier alpha value is -5.46. The average Bonchev–Trinajstić information content (AvgIpc) is 3.07. The normalized spacial score (nSPS) is 11.8. The lowest BCUT2D eigenvalue weighted by Gasteiger charge is -2.11. The summed E-state index contributed by atoms with van der Waals surface area (Å²) in [5.41, 5.74) is 4.97. The van der Waals surface area contributed by atoms with Gasteiger partial charge in [-0.1, -0.05) is 133 Å². The lowest BCUT2D eigenvalue weighted by molar-refractivity contribution is 1.66. The van der Waals surface area contributed by atoms with E-state index in [4.69, 9.17) is 0 Å². The summed E-state index contributed by atoms with van der Waals surface area (Å²) < 4.78 is 0. The minimum atomic E-state index is 1.24. The predicted molar refractivity (Wildman–Crippen MR) is 182 cm³/mol. The predicted octanol–water partition coefficient (Wildman–Crippen LogP) is 11.9. The van der Waals surface area contributed by atoms with Gasteiger partial charge in [0.2, 0.25) is 0 Å². The molecule has 0 heteroatoms. The number of hydrogen-bond donors (Lipinski definition) is 0. The van der Waals surface area contributed by atoms with Crippen molar-refractivity contribution in [3.05, 3.63) is 158 Å². The first-order valence-corrected chi connectivity index (χ1v) is 14.6. The first-order chi connectivity index (χ1) is 20.8. The second-order valence-electron chi connectivity index (χ2n) is 11.4. The molecule has 42 heavy (non-hydrogen) atoms. The maximum Gasteiger partial charge on any atom is -0.00987 e. The number of rotatable bonds is 2. The third-order valence-corrected chi connectivity index (χ3v) is 9.00. The molecule has 0 saturated carbocycles. The van der Waals surface area contributed by atoms with Crippen LogP contribution in [-0.2, 0) is 0 Å². The number of fused-ring (bicyclic) bond motifs is 9. The van der Waals surface area contributed by atoms with Gasteiger partial charge in [-0.15, -0.1) is 0 Å². The van der Waals surface area contributed by atoms with E-state index in [1.807, 2.05) is 0 Å². The van der Waals surface area contributed by atoms with Gasteiger partial charge in [-0.2, -0.15) is 0 Å². The van der Waals surface area contributed by atoms with E-state index >= 15 is 0 Å². The molecule has 0 unspecified atom stereocenters. The molecule has 0 nitrogen and oxygen atoms in total. The Morgan fingerprint density at radius 3 is 1.26 bits per heavy atom. The van der Waals surface area contributed by atoms with E-state index in [1.165, 1.54) is 86.9 Å². The number of benzene rings is 9. The van der Waals surface area contributed by atoms with Crippen molar-refractivity contribution >= 4 is 64.6 Å². The van der Waals surface area contributed by atoms with E-state index in [0.717, 1.165) is 0 Å². The average molecular weight is 531 g/mol. The van der Waals surface area contributed by atoms with E-state index < -0.39 is 0 Å². The van der Waals surface area contributed by atoms with Gasteiger partial charge in [0.1, 0.15) is 0 Å². The fraction of sp³-hybridized carbons (Fsp3) is 0. The third-order valence-electron chi connectivity index (χ3n) is 9.00. The Labute approximate surface area is 244 Å². The van der Waals surface area contributed by atoms with E-state index in [0.29, 0.717) is 0 Å². The molecule has 9 rings (SSSR count). The van der Waals surface area contributed by atoms with Crippen molar-refractivity contribution < 1.29 is 0 Å². The summed E-state index contributed by atoms with van der Waals surface area (Å²) in [6.45, 7) is 0. The quantitative estimate of drug-likeness (QED) is 0.195. The summed E-state index contributed by atoms with van der Waals surface area (Å²) in [7, 11) is 0. The molecular formula is C42H26. The van der Waals surface area contributed by atoms with E-state index in [2.05, 4.69) is 158 Å². The minimum absolute atomic E-state index is 1.24. The van der Waals surface area contributed by atoms with E-state index in [1.54, 1.807) is 0 Å². The van der Waals surface area contributed by atoms with Gasteiger partial charge >= 0.3 is 0 Å². The van der Waals surface area contributed by atoms with Crippen LogP contribution in [0, 0.1) is 0 Å². The Kier molecular flexibility index (Phi) is 5.00. The van der Waals surface area contributed by atoms with Crippen LogP contribution in [0.3, 0.4) is 0 Å². The van der Waals surface area contributed by atoms with Crippen LogP contribution in [0.4, 0.5) is 0 Å². The highest BCUT2D eigenvalue weighted by molar-refractivity contribution is 6.18. The molecule has 0 spiro atoms. The maximum absolute atomic E-state index is 2.37. The molecule has 0 N–H and O–H groups in total. The van der Waals surface area contributed by atoms with Crippen molar-refractivity contribution in [1.82, 2.24) is 0 Å². The summed E-state index contributed by atoms with van der Waals surface area (Å²) in [5.74, 6) is 0. The molecule has 0 aliphatic heterocycles. The standard InChI is InChI=1S/C42H26/c1-3-7-37-28(5-1)12-16-35-23-33(19-20-39(35)37)31-13-9-27-10-14-32(25-36(27)24-31)34-15-11-30-18-21-40-38-8-4-2-6-29(38)17-22-41(40)42(30)26-34/h1-26H. The summed E-state index contributed by atoms with van der Waals surface area (Å²) in [5, 5.41) is 15.5. The molecule has 0 aliphatic carbocycles. The largest absolute Gasteiger partial charge is 0.0616 e. The van der Waals surface area contributed by atoms with Gasteiger partial charge in [0, 0.05) is 0 Å². The summed E-state index contributed by atoms with van der Waals surface area (Å²) in [6, 6.07) is 58.2. The van der Waals surface area contributed by atoms with Gasteiger partial charge in [0.05, 0.1) is 0 Å². The van der Waals surface area contributed by atoms with Crippen LogP contribution in [0.15, 0.2) is 158 Å². The van der Waals surface area contributed by atoms with Crippen molar-refractivity contribution in [3.63, 3.8) is 0 Å². The molecule has 0 amide bonds. The molecule has 0 aliphatic rings. The van der Waals surface area contributed by atoms with Gasteiger partial charge in [0.25, 0.3) is 0 Å². The Balaban J connectivity index is 1.16. The zero-order valence-electron chi connectivity index (χ0n) is 23.0. The molecular weight excluding hydrogens is 504 g/mol. The van der Waals surface area contributed by atoms with Crippen LogP contribution in [0.5, 0.6) is 0 Å². The van der Waals surface area contributed by atoms with Gasteiger partial charge in [-0.25, -0.2) is 0 Å². The summed E-state index contributed by atoms with van der Waals surface area (Å²) in [6.07, 6.45) is 0. The van der Waals surface area contributed by atoms with Crippen LogP contribution in [0.2, 0.25) is 0 Å². The SMILES string of the molecule is c1ccc2c(c1)ccc1cc(-c3ccc4ccc(-c5ccc6ccc7c8ccccc8ccc7c6c5)cc4c3)ccc12. The Morgan fingerprint density at radius 2 is 0.571 bits per heavy atom. The van der Waals surface area contributed by atoms with Crippen LogP contribution >= 0.6 is 0 Å². The van der Waals surface area contributed by atoms with Crippen LogP contribution in [0.1, 0.15) is 0 Å². The highest BCUT2D eigenvalue weighted by Crippen LogP contribution is 2.36. The van der Waals surface area contributed by atoms with Crippen molar-refractivity contribution in [1.29, 1.82) is 0 Å². The van der Waals surface area contributed by atoms with Crippen molar-refractivity contribution in [3.8, 4) is 22.3 Å². The molecule has 0 fully saturated rings. The van der Waals surface area contributed by atoms with Gasteiger partial charge < -0.3 is 0 Å². The zero-order valence-corrected chi connectivity index (χ0v) is 23.0. The molecule has 0 saturated heterocycles. The summed E-state index contributed by atoms with van der Waals surface area (Å²) in [4.78, 5) is 0. The van der Waals surface area contributed by atoms with Crippen LogP contribution in [-0.4, -0.2) is 0 Å². The van der Waals surface area contributed by atoms with Gasteiger partial charge in [-0.05, 0) is 111 Å². The summed E-state index contributed by atoms with van der Waals surface area (Å²) >= 11 is 0. The molecule has 0 heterocycles. The first-order valence-electron chi connectivity index (χ1n) is 14.6. The second-order valence-corrected chi connectivity index (χ2v) is 11.4. The molecule has 9 aromatic carbocycles. The highest BCUT2D eigenvalue weighted by Gasteiger charge is 2.09. The number of hydrogen-bond acceptors (Lipinski definition) is 0. The molecule has 0 radical (unpaired) electrons. The van der Waals surface area contributed by atoms with Crippen molar-refractivity contribution in [2.75, 3.05) is 0 Å². The Bertz CT molecular complexity index is 2510. The molecule has 194 valence electrons. The van der Waals surface area contributed by atoms with Crippen molar-refractivity contribution in [2.24, 2.45) is 0 Å². The van der Waals surface area contributed by atoms with Gasteiger partial charge in [-0.3, -0.25) is 0 Å². The highest BCUT2D eigenvalue weighted by atomic mass is 14.1. The molecule has 0 atom stereocenters. The lowest BCUT2D eigenvalue weighted by atomic mass is 9.93. The zero-order chi connectivity index (χ0) is 27.6. The fourth-order valence-electron chi connectivity index (χ4n) is 6.80. The monoisotopic (exact) mass is 530 g/mol. The van der Waals surface area contributed by atoms with Crippen LogP contribution in [0.25, 0.3) is 86.9 Å². The van der Waals surface area contributed by atoms with E-state index in [-0.39, 0.29) is 0 Å². The lowest BCUT2D eigenvalue weighted by Crippen LogP contribution is -1.85. The third kappa shape index (κ3) is 3.62. The molecule has 0 aromatic heterocycles. The van der Waals surface area contributed by atoms with Gasteiger partial charge in [0.15, 0.2) is 0 Å². The first kappa shape index (κ1) is 23.3. The van der Waals surface area contributed by atoms with Crippen LogP contribution < -0.4 is 0 Å². The van der Waals surface area contributed by atoms with E-state index in [9.17, 15) is 0 Å². The molecule has 9 aromatic rings. The topological polar surface area (TPSA) is 0 Å². The Morgan fingerprint density at radius 1 is 0.190 bits per heavy atom. The minimum Gasteiger partial charge on any atom is -0.0616 e. The second kappa shape index (κ2) is 9.03. The fourth-order valence-corrected chi connectivity index (χ4v) is 6.80. The smallest absolute Gasteiger partial charge is 0.00987 e. The maximum atomic E-state index is 2.37. The van der Waals surface area contributed by atoms with Crippen molar-refractivity contribution in [2.45, 2.75) is 0 Å².